The molecule has 0 fully saturated rings. The molecule has 0 bridgehead atoms. The fourth-order valence-corrected chi connectivity index (χ4v) is 3.19. The van der Waals surface area contributed by atoms with Crippen LogP contribution in [-0.2, 0) is 4.79 Å². The van der Waals surface area contributed by atoms with Gasteiger partial charge in [-0.25, -0.2) is 0 Å². The SMILES string of the molecule is Cc1ccc2c(c1)[C@@H](c1ccccc1)[C@H](C)C(=O)N2C. The quantitative estimate of drug-likeness (QED) is 0.769. The summed E-state index contributed by atoms with van der Waals surface area (Å²) in [6.07, 6.45) is 0. The Kier molecular flexibility index (Phi) is 3.09. The average molecular weight is 265 g/mol. The lowest BCUT2D eigenvalue weighted by Crippen LogP contribution is -2.40. The third-order valence-electron chi connectivity index (χ3n) is 4.26. The monoisotopic (exact) mass is 265 g/mol. The average Bonchev–Trinajstić information content (AvgIpc) is 2.46. The molecule has 1 heterocycles. The zero-order valence-electron chi connectivity index (χ0n) is 12.1. The van der Waals surface area contributed by atoms with Crippen molar-refractivity contribution in [2.75, 3.05) is 11.9 Å². The van der Waals surface area contributed by atoms with Gasteiger partial charge < -0.3 is 4.90 Å². The molecule has 2 heteroatoms. The van der Waals surface area contributed by atoms with Crippen LogP contribution in [0.3, 0.4) is 0 Å². The summed E-state index contributed by atoms with van der Waals surface area (Å²) in [4.78, 5) is 14.3. The highest BCUT2D eigenvalue weighted by Crippen LogP contribution is 2.42. The molecule has 20 heavy (non-hydrogen) atoms. The van der Waals surface area contributed by atoms with Crippen molar-refractivity contribution in [2.24, 2.45) is 5.92 Å². The van der Waals surface area contributed by atoms with Gasteiger partial charge in [-0.05, 0) is 24.1 Å². The molecule has 0 radical (unpaired) electrons. The highest BCUT2D eigenvalue weighted by Gasteiger charge is 2.36. The van der Waals surface area contributed by atoms with Crippen LogP contribution in [-0.4, -0.2) is 13.0 Å². The van der Waals surface area contributed by atoms with Crippen molar-refractivity contribution in [3.05, 3.63) is 65.2 Å². The van der Waals surface area contributed by atoms with Gasteiger partial charge >= 0.3 is 0 Å². The summed E-state index contributed by atoms with van der Waals surface area (Å²) in [6, 6.07) is 16.7. The van der Waals surface area contributed by atoms with Gasteiger partial charge in [0, 0.05) is 24.6 Å². The molecular formula is C18H19NO. The Bertz CT molecular complexity index is 648. The van der Waals surface area contributed by atoms with Crippen LogP contribution in [0.4, 0.5) is 5.69 Å². The van der Waals surface area contributed by atoms with E-state index in [2.05, 4.69) is 37.3 Å². The molecule has 2 atom stereocenters. The van der Waals surface area contributed by atoms with E-state index in [4.69, 9.17) is 0 Å². The molecule has 2 nitrogen and oxygen atoms in total. The number of hydrogen-bond acceptors (Lipinski definition) is 1. The lowest BCUT2D eigenvalue weighted by molar-refractivity contribution is -0.122. The van der Waals surface area contributed by atoms with E-state index in [0.29, 0.717) is 0 Å². The molecule has 0 aromatic heterocycles. The second-order valence-corrected chi connectivity index (χ2v) is 5.64. The zero-order chi connectivity index (χ0) is 14.3. The van der Waals surface area contributed by atoms with Crippen LogP contribution in [0.15, 0.2) is 48.5 Å². The summed E-state index contributed by atoms with van der Waals surface area (Å²) in [5.41, 5.74) is 4.74. The van der Waals surface area contributed by atoms with Crippen molar-refractivity contribution in [3.63, 3.8) is 0 Å². The second-order valence-electron chi connectivity index (χ2n) is 5.64. The Morgan fingerprint density at radius 3 is 2.45 bits per heavy atom. The Balaban J connectivity index is 2.21. The van der Waals surface area contributed by atoms with Gasteiger partial charge in [-0.3, -0.25) is 4.79 Å². The summed E-state index contributed by atoms with van der Waals surface area (Å²) in [6.45, 7) is 4.13. The van der Waals surface area contributed by atoms with Crippen LogP contribution >= 0.6 is 0 Å². The molecule has 0 spiro atoms. The van der Waals surface area contributed by atoms with Gasteiger partial charge in [-0.15, -0.1) is 0 Å². The van der Waals surface area contributed by atoms with E-state index in [-0.39, 0.29) is 17.7 Å². The normalized spacial score (nSPS) is 21.8. The van der Waals surface area contributed by atoms with Crippen molar-refractivity contribution >= 4 is 11.6 Å². The summed E-state index contributed by atoms with van der Waals surface area (Å²) in [7, 11) is 1.87. The van der Waals surface area contributed by atoms with E-state index < -0.39 is 0 Å². The molecule has 2 aromatic rings. The Morgan fingerprint density at radius 2 is 1.75 bits per heavy atom. The minimum absolute atomic E-state index is 0.0308. The maximum Gasteiger partial charge on any atom is 0.230 e. The van der Waals surface area contributed by atoms with Crippen molar-refractivity contribution in [1.29, 1.82) is 0 Å². The van der Waals surface area contributed by atoms with Crippen LogP contribution in [0.25, 0.3) is 0 Å². The number of carbonyl (C=O) groups is 1. The van der Waals surface area contributed by atoms with E-state index in [1.165, 1.54) is 16.7 Å². The van der Waals surface area contributed by atoms with E-state index >= 15 is 0 Å². The van der Waals surface area contributed by atoms with Crippen molar-refractivity contribution in [2.45, 2.75) is 19.8 Å². The number of nitrogens with zero attached hydrogens (tertiary/aromatic N) is 1. The topological polar surface area (TPSA) is 20.3 Å². The third kappa shape index (κ3) is 1.92. The first-order valence-corrected chi connectivity index (χ1v) is 7.02. The van der Waals surface area contributed by atoms with Crippen LogP contribution in [0.1, 0.15) is 29.5 Å². The van der Waals surface area contributed by atoms with Crippen LogP contribution < -0.4 is 4.90 Å². The van der Waals surface area contributed by atoms with E-state index in [9.17, 15) is 4.79 Å². The van der Waals surface area contributed by atoms with Crippen LogP contribution in [0.2, 0.25) is 0 Å². The standard InChI is InChI=1S/C18H19NO/c1-12-9-10-16-15(11-12)17(13(2)18(20)19(16)3)14-7-5-4-6-8-14/h4-11,13,17H,1-3H3/t13-,17+/m0/s1. The van der Waals surface area contributed by atoms with Gasteiger partial charge in [-0.1, -0.05) is 55.0 Å². The molecule has 0 N–H and O–H groups in total. The first-order valence-electron chi connectivity index (χ1n) is 7.02. The molecule has 0 aliphatic carbocycles. The lowest BCUT2D eigenvalue weighted by atomic mass is 9.77. The largest absolute Gasteiger partial charge is 0.315 e. The number of anilines is 1. The number of aryl methyl sites for hydroxylation is 1. The summed E-state index contributed by atoms with van der Waals surface area (Å²) in [5.74, 6) is 0.307. The summed E-state index contributed by atoms with van der Waals surface area (Å²) < 4.78 is 0. The summed E-state index contributed by atoms with van der Waals surface area (Å²) in [5, 5.41) is 0. The molecule has 2 aromatic carbocycles. The molecule has 102 valence electrons. The van der Waals surface area contributed by atoms with E-state index in [1.807, 2.05) is 32.2 Å². The fourth-order valence-electron chi connectivity index (χ4n) is 3.19. The highest BCUT2D eigenvalue weighted by atomic mass is 16.2. The van der Waals surface area contributed by atoms with E-state index in [1.54, 1.807) is 4.90 Å². The number of amides is 1. The maximum atomic E-state index is 12.5. The minimum atomic E-state index is -0.0308. The van der Waals surface area contributed by atoms with Gasteiger partial charge in [0.05, 0.1) is 0 Å². The van der Waals surface area contributed by atoms with Gasteiger partial charge in [-0.2, -0.15) is 0 Å². The number of benzene rings is 2. The Labute approximate surface area is 120 Å². The van der Waals surface area contributed by atoms with E-state index in [0.717, 1.165) is 5.69 Å². The molecule has 0 unspecified atom stereocenters. The van der Waals surface area contributed by atoms with Gasteiger partial charge in [0.15, 0.2) is 0 Å². The molecule has 1 aliphatic heterocycles. The van der Waals surface area contributed by atoms with Crippen LogP contribution in [0.5, 0.6) is 0 Å². The number of rotatable bonds is 1. The maximum absolute atomic E-state index is 12.5. The van der Waals surface area contributed by atoms with Gasteiger partial charge in [0.2, 0.25) is 5.91 Å². The number of hydrogen-bond donors (Lipinski definition) is 0. The summed E-state index contributed by atoms with van der Waals surface area (Å²) >= 11 is 0. The number of carbonyl (C=O) groups excluding carboxylic acids is 1. The van der Waals surface area contributed by atoms with Crippen molar-refractivity contribution < 1.29 is 4.79 Å². The van der Waals surface area contributed by atoms with Crippen molar-refractivity contribution in [1.82, 2.24) is 0 Å². The second kappa shape index (κ2) is 4.78. The van der Waals surface area contributed by atoms with Gasteiger partial charge in [0.1, 0.15) is 0 Å². The highest BCUT2D eigenvalue weighted by molar-refractivity contribution is 5.98. The number of fused-ring (bicyclic) bond motifs is 1. The fraction of sp³-hybridized carbons (Fsp3) is 0.278. The molecular weight excluding hydrogens is 246 g/mol. The van der Waals surface area contributed by atoms with Gasteiger partial charge in [0.25, 0.3) is 0 Å². The minimum Gasteiger partial charge on any atom is -0.315 e. The molecule has 0 saturated carbocycles. The Hall–Kier alpha value is -2.09. The Morgan fingerprint density at radius 1 is 1.05 bits per heavy atom. The molecule has 1 aliphatic rings. The zero-order valence-corrected chi connectivity index (χ0v) is 12.1. The predicted molar refractivity (Wildman–Crippen MR) is 82.0 cm³/mol. The molecule has 0 saturated heterocycles. The third-order valence-corrected chi connectivity index (χ3v) is 4.26. The smallest absolute Gasteiger partial charge is 0.230 e. The first-order chi connectivity index (χ1) is 9.59. The molecule has 3 rings (SSSR count). The lowest BCUT2D eigenvalue weighted by Gasteiger charge is -2.36. The first kappa shape index (κ1) is 12.9. The predicted octanol–water partition coefficient (Wildman–Crippen LogP) is 3.74. The molecule has 1 amide bonds. The van der Waals surface area contributed by atoms with Crippen LogP contribution in [0, 0.1) is 12.8 Å². The van der Waals surface area contributed by atoms with Crippen molar-refractivity contribution in [3.8, 4) is 0 Å².